The fraction of sp³-hybridized carbons (Fsp3) is 0.273. The second kappa shape index (κ2) is 12.9. The summed E-state index contributed by atoms with van der Waals surface area (Å²) in [7, 11) is -7.49. The number of phosphoric ester groups is 2. The van der Waals surface area contributed by atoms with E-state index in [1.807, 2.05) is 47.6 Å². The minimum atomic E-state index is -4.46. The van der Waals surface area contributed by atoms with E-state index in [1.54, 1.807) is 97.1 Å². The van der Waals surface area contributed by atoms with E-state index in [2.05, 4.69) is 0 Å². The van der Waals surface area contributed by atoms with Crippen LogP contribution in [0.15, 0.2) is 103 Å². The number of rotatable bonds is 11. The average molecular weight is 625 g/mol. The lowest BCUT2D eigenvalue weighted by Gasteiger charge is -2.30. The molecule has 0 aliphatic rings. The molecule has 0 amide bonds. The Morgan fingerprint density at radius 1 is 0.512 bits per heavy atom. The molecule has 4 rings (SSSR count). The molecule has 0 aromatic heterocycles. The smallest absolute Gasteiger partial charge is 0.395 e. The van der Waals surface area contributed by atoms with Crippen LogP contribution in [0.2, 0.25) is 0 Å². The molecule has 0 radical (unpaired) electrons. The van der Waals surface area contributed by atoms with Crippen molar-refractivity contribution in [3.63, 3.8) is 0 Å². The number of hydrogen-bond donors (Lipinski definition) is 0. The maximum absolute atomic E-state index is 14.5. The molecule has 228 valence electrons. The predicted molar refractivity (Wildman–Crippen MR) is 169 cm³/mol. The van der Waals surface area contributed by atoms with E-state index in [0.29, 0.717) is 5.56 Å². The van der Waals surface area contributed by atoms with Crippen molar-refractivity contribution in [2.45, 2.75) is 52.4 Å². The summed E-state index contributed by atoms with van der Waals surface area (Å²) in [6.07, 6.45) is 0. The van der Waals surface area contributed by atoms with Gasteiger partial charge in [0.05, 0.1) is 0 Å². The van der Waals surface area contributed by atoms with Gasteiger partial charge in [-0.15, -0.1) is 0 Å². The molecule has 0 heterocycles. The van der Waals surface area contributed by atoms with E-state index >= 15 is 0 Å². The van der Waals surface area contributed by atoms with Crippen LogP contribution in [0.3, 0.4) is 0 Å². The Bertz CT molecular complexity index is 1550. The maximum atomic E-state index is 14.5. The Morgan fingerprint density at radius 2 is 0.930 bits per heavy atom. The van der Waals surface area contributed by atoms with Crippen molar-refractivity contribution in [2.24, 2.45) is 0 Å². The molecule has 0 aliphatic heterocycles. The molecular formula is C33H38O8P2. The van der Waals surface area contributed by atoms with Gasteiger partial charge in [0.1, 0.15) is 17.2 Å². The molecular weight excluding hydrogens is 586 g/mol. The van der Waals surface area contributed by atoms with Gasteiger partial charge in [0, 0.05) is 12.7 Å². The van der Waals surface area contributed by atoms with E-state index in [4.69, 9.17) is 27.1 Å². The summed E-state index contributed by atoms with van der Waals surface area (Å²) in [5.74, 6) is 0.825. The molecule has 0 bridgehead atoms. The van der Waals surface area contributed by atoms with Crippen molar-refractivity contribution < 1.29 is 36.3 Å². The molecule has 8 nitrogen and oxygen atoms in total. The van der Waals surface area contributed by atoms with Gasteiger partial charge >= 0.3 is 15.6 Å². The normalized spacial score (nSPS) is 13.5. The second-order valence-corrected chi connectivity index (χ2v) is 14.9. The highest BCUT2D eigenvalue weighted by atomic mass is 31.2. The van der Waals surface area contributed by atoms with E-state index < -0.39 is 21.1 Å². The Kier molecular flexibility index (Phi) is 9.66. The number of hydrogen-bond acceptors (Lipinski definition) is 8. The van der Waals surface area contributed by atoms with Crippen molar-refractivity contribution in [1.29, 1.82) is 0 Å². The summed E-state index contributed by atoms with van der Waals surface area (Å²) in [5.41, 5.74) is 0.561. The zero-order valence-electron chi connectivity index (χ0n) is 25.5. The molecule has 0 saturated heterocycles. The fourth-order valence-electron chi connectivity index (χ4n) is 3.97. The lowest BCUT2D eigenvalue weighted by molar-refractivity contribution is 0.243. The first-order valence-electron chi connectivity index (χ1n) is 13.8. The highest BCUT2D eigenvalue weighted by molar-refractivity contribution is 7.50. The quantitative estimate of drug-likeness (QED) is 0.152. The van der Waals surface area contributed by atoms with Crippen LogP contribution in [0, 0.1) is 0 Å². The third-order valence-corrected chi connectivity index (χ3v) is 8.82. The third-order valence-electron chi connectivity index (χ3n) is 6.25. The summed E-state index contributed by atoms with van der Waals surface area (Å²) in [6.45, 7) is 12.0. The molecule has 4 aromatic carbocycles. The van der Waals surface area contributed by atoms with Crippen LogP contribution in [0.5, 0.6) is 28.7 Å². The summed E-state index contributed by atoms with van der Waals surface area (Å²) >= 11 is 0. The number of phosphoric acid groups is 2. The summed E-state index contributed by atoms with van der Waals surface area (Å²) in [4.78, 5) is 0. The molecule has 0 spiro atoms. The Labute approximate surface area is 254 Å². The predicted octanol–water partition coefficient (Wildman–Crippen LogP) is 10.1. The lowest BCUT2D eigenvalue weighted by Crippen LogP contribution is -2.19. The van der Waals surface area contributed by atoms with Crippen molar-refractivity contribution in [1.82, 2.24) is 0 Å². The van der Waals surface area contributed by atoms with Gasteiger partial charge in [-0.3, -0.25) is 4.52 Å². The van der Waals surface area contributed by atoms with Crippen molar-refractivity contribution in [3.8, 4) is 28.7 Å². The van der Waals surface area contributed by atoms with Crippen molar-refractivity contribution in [3.05, 3.63) is 114 Å². The molecule has 43 heavy (non-hydrogen) atoms. The van der Waals surface area contributed by atoms with Crippen LogP contribution in [0.1, 0.15) is 52.7 Å². The van der Waals surface area contributed by atoms with Crippen LogP contribution >= 0.6 is 15.6 Å². The molecule has 0 aliphatic carbocycles. The second-order valence-electron chi connectivity index (χ2n) is 11.8. The lowest BCUT2D eigenvalue weighted by atomic mass is 9.80. The standard InChI is InChI=1S/C33H38O8P2/c1-32(2,3)25-23-29(33(4,5)6)31(30(24-25)40-42(34,36-7)37-26-17-11-8-12-18-26)41-43(35,38-27-19-13-9-14-20-27)39-28-21-15-10-16-22-28/h8-24H,1-7H3. The summed E-state index contributed by atoms with van der Waals surface area (Å²) in [5, 5.41) is 0. The SMILES string of the molecule is COP(=O)(Oc1ccccc1)Oc1cc(C(C)(C)C)cc(C(C)(C)C)c1OP(=O)(Oc1ccccc1)Oc1ccccc1. The Morgan fingerprint density at radius 3 is 1.30 bits per heavy atom. The maximum Gasteiger partial charge on any atom is 0.647 e. The van der Waals surface area contributed by atoms with Gasteiger partial charge in [0.25, 0.3) is 0 Å². The van der Waals surface area contributed by atoms with Crippen LogP contribution in [0.25, 0.3) is 0 Å². The van der Waals surface area contributed by atoms with Gasteiger partial charge in [-0.2, -0.15) is 4.57 Å². The zero-order chi connectivity index (χ0) is 31.3. The summed E-state index contributed by atoms with van der Waals surface area (Å²) < 4.78 is 63.5. The molecule has 0 fully saturated rings. The molecule has 10 heteroatoms. The Hall–Kier alpha value is -3.70. The van der Waals surface area contributed by atoms with Crippen molar-refractivity contribution in [2.75, 3.05) is 7.11 Å². The first-order chi connectivity index (χ1) is 20.2. The highest BCUT2D eigenvalue weighted by Gasteiger charge is 2.40. The zero-order valence-corrected chi connectivity index (χ0v) is 27.3. The van der Waals surface area contributed by atoms with Gasteiger partial charge in [0.15, 0.2) is 11.5 Å². The van der Waals surface area contributed by atoms with Gasteiger partial charge < -0.3 is 22.6 Å². The van der Waals surface area contributed by atoms with Gasteiger partial charge in [-0.1, -0.05) is 102 Å². The van der Waals surface area contributed by atoms with Crippen LogP contribution in [0.4, 0.5) is 0 Å². The van der Waals surface area contributed by atoms with E-state index in [-0.39, 0.29) is 34.2 Å². The third kappa shape index (κ3) is 8.67. The fourth-order valence-corrected chi connectivity index (χ4v) is 6.19. The molecule has 0 saturated carbocycles. The van der Waals surface area contributed by atoms with E-state index in [0.717, 1.165) is 5.56 Å². The van der Waals surface area contributed by atoms with E-state index in [1.165, 1.54) is 7.11 Å². The van der Waals surface area contributed by atoms with Gasteiger partial charge in [-0.25, -0.2) is 4.57 Å². The summed E-state index contributed by atoms with van der Waals surface area (Å²) in [6, 6.07) is 29.3. The number of benzene rings is 4. The minimum Gasteiger partial charge on any atom is -0.395 e. The van der Waals surface area contributed by atoms with Gasteiger partial charge in [-0.05, 0) is 58.9 Å². The van der Waals surface area contributed by atoms with Crippen molar-refractivity contribution >= 4 is 15.6 Å². The van der Waals surface area contributed by atoms with Gasteiger partial charge in [0.2, 0.25) is 0 Å². The van der Waals surface area contributed by atoms with Crippen LogP contribution in [-0.4, -0.2) is 7.11 Å². The molecule has 0 N–H and O–H groups in total. The molecule has 1 atom stereocenters. The minimum absolute atomic E-state index is 0.00740. The topological polar surface area (TPSA) is 89.5 Å². The highest BCUT2D eigenvalue weighted by Crippen LogP contribution is 2.58. The average Bonchev–Trinajstić information content (AvgIpc) is 2.94. The molecule has 4 aromatic rings. The monoisotopic (exact) mass is 624 g/mol. The van der Waals surface area contributed by atoms with Crippen LogP contribution < -0.4 is 22.6 Å². The van der Waals surface area contributed by atoms with E-state index in [9.17, 15) is 9.13 Å². The van der Waals surface area contributed by atoms with Crippen LogP contribution in [-0.2, 0) is 24.5 Å². The molecule has 1 unspecified atom stereocenters. The Balaban J connectivity index is 1.89. The number of para-hydroxylation sites is 3. The first kappa shape index (κ1) is 32.2. The largest absolute Gasteiger partial charge is 0.647 e. The first-order valence-corrected chi connectivity index (χ1v) is 16.7.